The highest BCUT2D eigenvalue weighted by Gasteiger charge is 2.30. The number of hydrogen-bond acceptors (Lipinski definition) is 4. The molecule has 43 heavy (non-hydrogen) atoms. The zero-order valence-corrected chi connectivity index (χ0v) is 25.4. The number of nitrogens with one attached hydrogen (secondary N) is 2. The molecule has 3 aromatic carbocycles. The van der Waals surface area contributed by atoms with Crippen LogP contribution in [0.4, 0.5) is 13.2 Å². The fourth-order valence-electron chi connectivity index (χ4n) is 5.00. The molecule has 230 valence electrons. The van der Waals surface area contributed by atoms with Crippen LogP contribution in [0.25, 0.3) is 11.1 Å². The predicted molar refractivity (Wildman–Crippen MR) is 159 cm³/mol. The molecule has 0 aliphatic carbocycles. The number of aryl methyl sites for hydroxylation is 1. The molecule has 0 atom stereocenters. The SMILES string of the molecule is Cc1ccc(S(=O)(=O)NC(C)(C)C)c(-c2ccc(C(=O)NC3CCN(C(=O)Cc4ccc(C(F)(F)F)cc4)CC3)cc2)c1. The lowest BCUT2D eigenvalue weighted by atomic mass is 10.0. The Morgan fingerprint density at radius 3 is 2.07 bits per heavy atom. The van der Waals surface area contributed by atoms with Crippen molar-refractivity contribution in [1.82, 2.24) is 14.9 Å². The van der Waals surface area contributed by atoms with Crippen molar-refractivity contribution in [3.05, 3.63) is 89.0 Å². The molecule has 1 aliphatic rings. The van der Waals surface area contributed by atoms with E-state index in [-0.39, 0.29) is 29.2 Å². The van der Waals surface area contributed by atoms with E-state index in [1.807, 2.05) is 6.92 Å². The third-order valence-electron chi connectivity index (χ3n) is 7.14. The van der Waals surface area contributed by atoms with E-state index in [2.05, 4.69) is 10.0 Å². The molecule has 1 heterocycles. The lowest BCUT2D eigenvalue weighted by Gasteiger charge is -2.32. The van der Waals surface area contributed by atoms with Crippen molar-refractivity contribution >= 4 is 21.8 Å². The Labute approximate surface area is 250 Å². The van der Waals surface area contributed by atoms with Gasteiger partial charge in [-0.15, -0.1) is 0 Å². The first-order chi connectivity index (χ1) is 20.0. The molecule has 1 aliphatic heterocycles. The van der Waals surface area contributed by atoms with E-state index in [0.29, 0.717) is 48.2 Å². The van der Waals surface area contributed by atoms with Gasteiger partial charge in [0.05, 0.1) is 16.9 Å². The Morgan fingerprint density at radius 1 is 0.907 bits per heavy atom. The van der Waals surface area contributed by atoms with Gasteiger partial charge in [0.1, 0.15) is 0 Å². The van der Waals surface area contributed by atoms with Gasteiger partial charge in [0.15, 0.2) is 0 Å². The van der Waals surface area contributed by atoms with Crippen molar-refractivity contribution in [2.45, 2.75) is 69.6 Å². The largest absolute Gasteiger partial charge is 0.416 e. The Balaban J connectivity index is 1.35. The van der Waals surface area contributed by atoms with Crippen LogP contribution >= 0.6 is 0 Å². The summed E-state index contributed by atoms with van der Waals surface area (Å²) in [6.45, 7) is 8.06. The maximum Gasteiger partial charge on any atom is 0.416 e. The molecule has 11 heteroatoms. The molecule has 0 spiro atoms. The van der Waals surface area contributed by atoms with Gasteiger partial charge in [-0.3, -0.25) is 9.59 Å². The van der Waals surface area contributed by atoms with E-state index in [1.54, 1.807) is 68.1 Å². The van der Waals surface area contributed by atoms with E-state index in [9.17, 15) is 31.2 Å². The number of nitrogens with zero attached hydrogens (tertiary/aromatic N) is 1. The number of halogens is 3. The number of amides is 2. The molecule has 2 amide bonds. The van der Waals surface area contributed by atoms with Crippen molar-refractivity contribution in [2.75, 3.05) is 13.1 Å². The highest BCUT2D eigenvalue weighted by molar-refractivity contribution is 7.89. The topological polar surface area (TPSA) is 95.6 Å². The quantitative estimate of drug-likeness (QED) is 0.356. The predicted octanol–water partition coefficient (Wildman–Crippen LogP) is 5.72. The molecule has 1 saturated heterocycles. The Hall–Kier alpha value is -3.70. The van der Waals surface area contributed by atoms with Crippen LogP contribution in [0.5, 0.6) is 0 Å². The summed E-state index contributed by atoms with van der Waals surface area (Å²) >= 11 is 0. The summed E-state index contributed by atoms with van der Waals surface area (Å²) in [4.78, 5) is 27.5. The van der Waals surface area contributed by atoms with Gasteiger partial charge >= 0.3 is 6.18 Å². The van der Waals surface area contributed by atoms with Crippen LogP contribution in [0.15, 0.2) is 71.6 Å². The minimum Gasteiger partial charge on any atom is -0.349 e. The number of piperidine rings is 1. The number of hydrogen-bond donors (Lipinski definition) is 2. The molecule has 3 aromatic rings. The molecule has 2 N–H and O–H groups in total. The second kappa shape index (κ2) is 12.5. The van der Waals surface area contributed by atoms with Crippen LogP contribution in [-0.2, 0) is 27.4 Å². The summed E-state index contributed by atoms with van der Waals surface area (Å²) in [5.41, 5.74) is 1.63. The zero-order valence-electron chi connectivity index (χ0n) is 24.6. The summed E-state index contributed by atoms with van der Waals surface area (Å²) in [6.07, 6.45) is -3.31. The smallest absolute Gasteiger partial charge is 0.349 e. The van der Waals surface area contributed by atoms with Crippen LogP contribution in [0.2, 0.25) is 0 Å². The highest BCUT2D eigenvalue weighted by atomic mass is 32.2. The summed E-state index contributed by atoms with van der Waals surface area (Å²) in [7, 11) is -3.79. The summed E-state index contributed by atoms with van der Waals surface area (Å²) in [5.74, 6) is -0.442. The van der Waals surface area contributed by atoms with Crippen LogP contribution in [0, 0.1) is 6.92 Å². The van der Waals surface area contributed by atoms with Gasteiger partial charge in [-0.25, -0.2) is 13.1 Å². The first-order valence-corrected chi connectivity index (χ1v) is 15.5. The normalized spacial score (nSPS) is 14.9. The molecule has 1 fully saturated rings. The van der Waals surface area contributed by atoms with E-state index in [0.717, 1.165) is 17.7 Å². The molecule has 4 rings (SSSR count). The molecule has 0 saturated carbocycles. The third kappa shape index (κ3) is 8.45. The van der Waals surface area contributed by atoms with Crippen LogP contribution in [0.1, 0.15) is 60.7 Å². The molecule has 0 unspecified atom stereocenters. The number of likely N-dealkylation sites (tertiary alicyclic amines) is 1. The molecule has 7 nitrogen and oxygen atoms in total. The summed E-state index contributed by atoms with van der Waals surface area (Å²) < 4.78 is 67.3. The summed E-state index contributed by atoms with van der Waals surface area (Å²) in [5, 5.41) is 3.01. The van der Waals surface area contributed by atoms with Crippen LogP contribution in [0.3, 0.4) is 0 Å². The molecular weight excluding hydrogens is 579 g/mol. The minimum atomic E-state index is -4.42. The van der Waals surface area contributed by atoms with Crippen molar-refractivity contribution in [2.24, 2.45) is 0 Å². The van der Waals surface area contributed by atoms with Crippen molar-refractivity contribution in [3.63, 3.8) is 0 Å². The first-order valence-electron chi connectivity index (χ1n) is 14.0. The number of carbonyl (C=O) groups is 2. The van der Waals surface area contributed by atoms with E-state index in [1.165, 1.54) is 12.1 Å². The van der Waals surface area contributed by atoms with Crippen LogP contribution < -0.4 is 10.0 Å². The van der Waals surface area contributed by atoms with Crippen molar-refractivity contribution in [1.29, 1.82) is 0 Å². The highest BCUT2D eigenvalue weighted by Crippen LogP contribution is 2.31. The van der Waals surface area contributed by atoms with Crippen molar-refractivity contribution in [3.8, 4) is 11.1 Å². The van der Waals surface area contributed by atoms with Crippen LogP contribution in [-0.4, -0.2) is 49.8 Å². The zero-order chi connectivity index (χ0) is 31.6. The van der Waals surface area contributed by atoms with Gasteiger partial charge in [0.25, 0.3) is 5.91 Å². The summed E-state index contributed by atoms with van der Waals surface area (Å²) in [6, 6.07) is 16.3. The molecular formula is C32H36F3N3O4S. The second-order valence-corrected chi connectivity index (χ2v) is 13.6. The number of rotatable bonds is 7. The molecule has 0 bridgehead atoms. The van der Waals surface area contributed by atoms with E-state index >= 15 is 0 Å². The fourth-order valence-corrected chi connectivity index (χ4v) is 6.63. The number of alkyl halides is 3. The minimum absolute atomic E-state index is 0.0116. The van der Waals surface area contributed by atoms with E-state index in [4.69, 9.17) is 0 Å². The Kier molecular flexibility index (Phi) is 9.36. The van der Waals surface area contributed by atoms with Gasteiger partial charge in [0.2, 0.25) is 15.9 Å². The maximum atomic E-state index is 13.1. The third-order valence-corrected chi connectivity index (χ3v) is 8.96. The first kappa shape index (κ1) is 32.2. The monoisotopic (exact) mass is 615 g/mol. The number of sulfonamides is 1. The lowest BCUT2D eigenvalue weighted by Crippen LogP contribution is -2.47. The average Bonchev–Trinajstić information content (AvgIpc) is 2.92. The molecule has 0 aromatic heterocycles. The van der Waals surface area contributed by atoms with Gasteiger partial charge in [-0.05, 0) is 82.0 Å². The van der Waals surface area contributed by atoms with Crippen molar-refractivity contribution < 1.29 is 31.2 Å². The standard InChI is InChI=1S/C32H36F3N3O4S/c1-21-5-14-28(43(41,42)37-31(2,3)4)27(19-21)23-8-10-24(11-9-23)30(40)36-26-15-17-38(18-16-26)29(39)20-22-6-12-25(13-7-22)32(33,34)35/h5-14,19,26,37H,15-18,20H2,1-4H3,(H,36,40). The number of benzene rings is 3. The molecule has 0 radical (unpaired) electrons. The van der Waals surface area contributed by atoms with E-state index < -0.39 is 27.3 Å². The lowest BCUT2D eigenvalue weighted by molar-refractivity contribution is -0.137. The van der Waals surface area contributed by atoms with Gasteiger partial charge in [-0.2, -0.15) is 13.2 Å². The Bertz CT molecular complexity index is 1570. The average molecular weight is 616 g/mol. The Morgan fingerprint density at radius 2 is 1.51 bits per heavy atom. The second-order valence-electron chi connectivity index (χ2n) is 11.9. The van der Waals surface area contributed by atoms with Gasteiger partial charge in [-0.1, -0.05) is 42.0 Å². The fraction of sp³-hybridized carbons (Fsp3) is 0.375. The number of carbonyl (C=O) groups excluding carboxylic acids is 2. The van der Waals surface area contributed by atoms with Gasteiger partial charge < -0.3 is 10.2 Å². The maximum absolute atomic E-state index is 13.1. The van der Waals surface area contributed by atoms with Gasteiger partial charge in [0, 0.05) is 35.8 Å².